The molecule has 0 unspecified atom stereocenters. The van der Waals surface area contributed by atoms with Crippen molar-refractivity contribution in [3.63, 3.8) is 0 Å². The molecule has 0 radical (unpaired) electrons. The van der Waals surface area contributed by atoms with Gasteiger partial charge in [-0.2, -0.15) is 0 Å². The van der Waals surface area contributed by atoms with Crippen molar-refractivity contribution in [1.29, 1.82) is 0 Å². The van der Waals surface area contributed by atoms with Crippen molar-refractivity contribution in [2.45, 2.75) is 50.6 Å². The van der Waals surface area contributed by atoms with Crippen molar-refractivity contribution in [2.24, 2.45) is 5.92 Å². The van der Waals surface area contributed by atoms with Gasteiger partial charge < -0.3 is 5.32 Å². The fourth-order valence-corrected chi connectivity index (χ4v) is 3.58. The largest absolute Gasteiger partial charge is 0.310 e. The van der Waals surface area contributed by atoms with Crippen molar-refractivity contribution in [3.8, 4) is 0 Å². The van der Waals surface area contributed by atoms with Crippen molar-refractivity contribution in [1.82, 2.24) is 10.0 Å². The second-order valence-electron chi connectivity index (χ2n) is 5.79. The van der Waals surface area contributed by atoms with Gasteiger partial charge in [0.25, 0.3) is 0 Å². The summed E-state index contributed by atoms with van der Waals surface area (Å²) in [6.07, 6.45) is 3.50. The Kier molecular flexibility index (Phi) is 5.18. The molecule has 1 aromatic carbocycles. The molecular formula is C15H24N2O2S. The van der Waals surface area contributed by atoms with E-state index in [1.54, 1.807) is 12.1 Å². The molecule has 0 aromatic heterocycles. The molecule has 2 rings (SSSR count). The van der Waals surface area contributed by atoms with Gasteiger partial charge in [0.2, 0.25) is 10.0 Å². The summed E-state index contributed by atoms with van der Waals surface area (Å²) in [4.78, 5) is 0.396. The van der Waals surface area contributed by atoms with E-state index < -0.39 is 10.0 Å². The van der Waals surface area contributed by atoms with Gasteiger partial charge in [0.1, 0.15) is 0 Å². The summed E-state index contributed by atoms with van der Waals surface area (Å²) < 4.78 is 27.6. The fourth-order valence-electron chi connectivity index (χ4n) is 2.23. The van der Waals surface area contributed by atoms with E-state index in [1.165, 1.54) is 6.42 Å². The average molecular weight is 296 g/mol. The van der Waals surface area contributed by atoms with Crippen LogP contribution in [0.25, 0.3) is 0 Å². The summed E-state index contributed by atoms with van der Waals surface area (Å²) in [5.41, 5.74) is 0.822. The number of hydrogen-bond donors (Lipinski definition) is 2. The minimum Gasteiger partial charge on any atom is -0.310 e. The van der Waals surface area contributed by atoms with Crippen LogP contribution in [0.1, 0.15) is 38.7 Å². The number of hydrogen-bond acceptors (Lipinski definition) is 3. The van der Waals surface area contributed by atoms with Crippen LogP contribution in [-0.2, 0) is 16.6 Å². The Hall–Kier alpha value is -0.910. The van der Waals surface area contributed by atoms with E-state index >= 15 is 0 Å². The maximum atomic E-state index is 12.4. The van der Waals surface area contributed by atoms with Crippen LogP contribution in [0.5, 0.6) is 0 Å². The van der Waals surface area contributed by atoms with E-state index in [-0.39, 0.29) is 0 Å². The summed E-state index contributed by atoms with van der Waals surface area (Å²) >= 11 is 0. The summed E-state index contributed by atoms with van der Waals surface area (Å²) in [7, 11) is -3.40. The van der Waals surface area contributed by atoms with E-state index in [1.807, 2.05) is 26.0 Å². The highest BCUT2D eigenvalue weighted by Gasteiger charge is 2.22. The molecule has 20 heavy (non-hydrogen) atoms. The molecule has 4 nitrogen and oxygen atoms in total. The Labute approximate surface area is 122 Å². The first-order valence-corrected chi connectivity index (χ1v) is 8.78. The molecule has 2 N–H and O–H groups in total. The molecular weight excluding hydrogens is 272 g/mol. The Morgan fingerprint density at radius 1 is 1.25 bits per heavy atom. The molecule has 0 spiro atoms. The Morgan fingerprint density at radius 2 is 1.95 bits per heavy atom. The van der Waals surface area contributed by atoms with Gasteiger partial charge in [0.15, 0.2) is 0 Å². The Bertz CT molecular complexity index is 537. The lowest BCUT2D eigenvalue weighted by Crippen LogP contribution is -2.33. The molecule has 1 fully saturated rings. The third-order valence-corrected chi connectivity index (χ3v) is 5.27. The van der Waals surface area contributed by atoms with Crippen LogP contribution in [0.15, 0.2) is 29.2 Å². The smallest absolute Gasteiger partial charge is 0.240 e. The molecule has 5 heteroatoms. The highest BCUT2D eigenvalue weighted by Crippen LogP contribution is 2.26. The van der Waals surface area contributed by atoms with Gasteiger partial charge in [0.05, 0.1) is 4.90 Å². The third kappa shape index (κ3) is 4.04. The normalized spacial score (nSPS) is 16.4. The summed E-state index contributed by atoms with van der Waals surface area (Å²) in [5.74, 6) is 0.519. The predicted molar refractivity (Wildman–Crippen MR) is 80.9 cm³/mol. The van der Waals surface area contributed by atoms with Crippen molar-refractivity contribution in [3.05, 3.63) is 29.8 Å². The predicted octanol–water partition coefficient (Wildman–Crippen LogP) is 2.26. The van der Waals surface area contributed by atoms with E-state index in [4.69, 9.17) is 0 Å². The monoisotopic (exact) mass is 296 g/mol. The van der Waals surface area contributed by atoms with Gasteiger partial charge in [-0.1, -0.05) is 38.5 Å². The SMILES string of the molecule is CC(C)NCc1ccccc1S(=O)(=O)NCC1CCC1. The zero-order valence-electron chi connectivity index (χ0n) is 12.2. The molecule has 0 amide bonds. The van der Waals surface area contributed by atoms with Crippen LogP contribution >= 0.6 is 0 Å². The number of rotatable bonds is 7. The first kappa shape index (κ1) is 15.5. The minimum atomic E-state index is -3.40. The van der Waals surface area contributed by atoms with Crippen LogP contribution in [0.2, 0.25) is 0 Å². The summed E-state index contributed by atoms with van der Waals surface area (Å²) in [6.45, 7) is 5.23. The molecule has 0 aliphatic heterocycles. The maximum Gasteiger partial charge on any atom is 0.240 e. The van der Waals surface area contributed by atoms with Gasteiger partial charge in [-0.25, -0.2) is 13.1 Å². The van der Waals surface area contributed by atoms with E-state index in [9.17, 15) is 8.42 Å². The zero-order chi connectivity index (χ0) is 14.6. The lowest BCUT2D eigenvalue weighted by Gasteiger charge is -2.25. The molecule has 1 saturated carbocycles. The average Bonchev–Trinajstić information content (AvgIpc) is 2.34. The maximum absolute atomic E-state index is 12.4. The first-order chi connectivity index (χ1) is 9.49. The highest BCUT2D eigenvalue weighted by molar-refractivity contribution is 7.89. The molecule has 112 valence electrons. The number of nitrogens with one attached hydrogen (secondary N) is 2. The highest BCUT2D eigenvalue weighted by atomic mass is 32.2. The molecule has 1 aliphatic carbocycles. The van der Waals surface area contributed by atoms with Crippen LogP contribution < -0.4 is 10.0 Å². The molecule has 1 aromatic rings. The molecule has 0 atom stereocenters. The van der Waals surface area contributed by atoms with Crippen molar-refractivity contribution < 1.29 is 8.42 Å². The number of benzene rings is 1. The third-order valence-electron chi connectivity index (χ3n) is 3.75. The second-order valence-corrected chi connectivity index (χ2v) is 7.53. The van der Waals surface area contributed by atoms with E-state index in [0.29, 0.717) is 29.9 Å². The second kappa shape index (κ2) is 6.70. The van der Waals surface area contributed by atoms with Crippen molar-refractivity contribution in [2.75, 3.05) is 6.54 Å². The lowest BCUT2D eigenvalue weighted by atomic mass is 9.86. The van der Waals surface area contributed by atoms with Crippen LogP contribution in [-0.4, -0.2) is 21.0 Å². The fraction of sp³-hybridized carbons (Fsp3) is 0.600. The topological polar surface area (TPSA) is 58.2 Å². The summed E-state index contributed by atoms with van der Waals surface area (Å²) in [6, 6.07) is 7.53. The quantitative estimate of drug-likeness (QED) is 0.811. The lowest BCUT2D eigenvalue weighted by molar-refractivity contribution is 0.316. The molecule has 0 saturated heterocycles. The van der Waals surface area contributed by atoms with Crippen LogP contribution in [0.3, 0.4) is 0 Å². The van der Waals surface area contributed by atoms with Gasteiger partial charge >= 0.3 is 0 Å². The van der Waals surface area contributed by atoms with Gasteiger partial charge in [-0.05, 0) is 30.4 Å². The van der Waals surface area contributed by atoms with Crippen LogP contribution in [0, 0.1) is 5.92 Å². The Balaban J connectivity index is 2.08. The van der Waals surface area contributed by atoms with Gasteiger partial charge in [-0.15, -0.1) is 0 Å². The van der Waals surface area contributed by atoms with E-state index in [0.717, 1.165) is 18.4 Å². The molecule has 0 heterocycles. The molecule has 0 bridgehead atoms. The minimum absolute atomic E-state index is 0.327. The zero-order valence-corrected chi connectivity index (χ0v) is 13.0. The summed E-state index contributed by atoms with van der Waals surface area (Å²) in [5, 5.41) is 3.27. The van der Waals surface area contributed by atoms with E-state index in [2.05, 4.69) is 10.0 Å². The Morgan fingerprint density at radius 3 is 2.55 bits per heavy atom. The van der Waals surface area contributed by atoms with Gasteiger partial charge in [-0.3, -0.25) is 0 Å². The van der Waals surface area contributed by atoms with Gasteiger partial charge in [0, 0.05) is 19.1 Å². The molecule has 1 aliphatic rings. The van der Waals surface area contributed by atoms with Crippen LogP contribution in [0.4, 0.5) is 0 Å². The van der Waals surface area contributed by atoms with Crippen molar-refractivity contribution >= 4 is 10.0 Å². The standard InChI is InChI=1S/C15H24N2O2S/c1-12(2)16-11-14-8-3-4-9-15(14)20(18,19)17-10-13-6-5-7-13/h3-4,8-9,12-13,16-17H,5-7,10-11H2,1-2H3. The number of sulfonamides is 1. The first-order valence-electron chi connectivity index (χ1n) is 7.30.